The molecule has 0 aromatic heterocycles. The zero-order chi connectivity index (χ0) is 17.9. The molecule has 6 nitrogen and oxygen atoms in total. The molecule has 2 N–H and O–H groups in total. The minimum absolute atomic E-state index is 0.0464. The molecule has 2 rings (SSSR count). The molecule has 1 saturated heterocycles. The van der Waals surface area contributed by atoms with Crippen LogP contribution in [0.2, 0.25) is 0 Å². The summed E-state index contributed by atoms with van der Waals surface area (Å²) in [4.78, 5) is 38.2. The van der Waals surface area contributed by atoms with Gasteiger partial charge in [0.15, 0.2) is 0 Å². The quantitative estimate of drug-likeness (QED) is 0.731. The van der Waals surface area contributed by atoms with Crippen LogP contribution in [0.4, 0.5) is 4.79 Å². The predicted molar refractivity (Wildman–Crippen MR) is 92.3 cm³/mol. The standard InChI is InChI=1S/C18H31N3O3/c1-12(2)5-6-14(4)19-15(22)11-21-16(23)18(20-17(21)24)9-7-13(3)8-10-18/h12-14H,5-11H2,1-4H3,(H,19,22)(H,20,24)/t13?,14-,18?/m1/s1. The van der Waals surface area contributed by atoms with Crippen LogP contribution < -0.4 is 10.6 Å². The smallest absolute Gasteiger partial charge is 0.325 e. The Morgan fingerprint density at radius 3 is 2.46 bits per heavy atom. The number of imide groups is 1. The lowest BCUT2D eigenvalue weighted by Gasteiger charge is -2.33. The van der Waals surface area contributed by atoms with Crippen molar-refractivity contribution in [3.05, 3.63) is 0 Å². The van der Waals surface area contributed by atoms with Gasteiger partial charge < -0.3 is 10.6 Å². The van der Waals surface area contributed by atoms with E-state index in [-0.39, 0.29) is 24.4 Å². The van der Waals surface area contributed by atoms with Crippen LogP contribution >= 0.6 is 0 Å². The average molecular weight is 337 g/mol. The van der Waals surface area contributed by atoms with E-state index in [1.807, 2.05) is 6.92 Å². The molecular weight excluding hydrogens is 306 g/mol. The van der Waals surface area contributed by atoms with Crippen molar-refractivity contribution in [2.24, 2.45) is 11.8 Å². The molecular formula is C18H31N3O3. The van der Waals surface area contributed by atoms with E-state index < -0.39 is 11.6 Å². The maximum Gasteiger partial charge on any atom is 0.325 e. The first kappa shape index (κ1) is 18.7. The van der Waals surface area contributed by atoms with Crippen LogP contribution in [0.1, 0.15) is 66.2 Å². The molecule has 1 aliphatic carbocycles. The number of amides is 4. The number of nitrogens with one attached hydrogen (secondary N) is 2. The highest BCUT2D eigenvalue weighted by atomic mass is 16.2. The number of hydrogen-bond acceptors (Lipinski definition) is 3. The first-order valence-electron chi connectivity index (χ1n) is 9.17. The summed E-state index contributed by atoms with van der Waals surface area (Å²) in [6.07, 6.45) is 5.12. The Bertz CT molecular complexity index is 496. The first-order valence-corrected chi connectivity index (χ1v) is 9.17. The highest BCUT2D eigenvalue weighted by Gasteiger charge is 2.52. The summed E-state index contributed by atoms with van der Waals surface area (Å²) in [5, 5.41) is 5.73. The van der Waals surface area contributed by atoms with Gasteiger partial charge in [0.2, 0.25) is 5.91 Å². The molecule has 1 spiro atoms. The van der Waals surface area contributed by atoms with Crippen LogP contribution in [0.5, 0.6) is 0 Å². The maximum atomic E-state index is 12.7. The van der Waals surface area contributed by atoms with Crippen molar-refractivity contribution in [2.45, 2.75) is 77.8 Å². The first-order chi connectivity index (χ1) is 11.2. The molecule has 0 aromatic rings. The molecule has 136 valence electrons. The van der Waals surface area contributed by atoms with Gasteiger partial charge in [0.05, 0.1) is 0 Å². The molecule has 0 aromatic carbocycles. The van der Waals surface area contributed by atoms with E-state index in [4.69, 9.17) is 0 Å². The number of carbonyl (C=O) groups is 3. The van der Waals surface area contributed by atoms with Gasteiger partial charge in [-0.1, -0.05) is 20.8 Å². The van der Waals surface area contributed by atoms with Crippen LogP contribution in [0.3, 0.4) is 0 Å². The Kier molecular flexibility index (Phi) is 5.88. The summed E-state index contributed by atoms with van der Waals surface area (Å²) in [6, 6.07) is -0.385. The van der Waals surface area contributed by atoms with Gasteiger partial charge in [-0.15, -0.1) is 0 Å². The van der Waals surface area contributed by atoms with Crippen molar-refractivity contribution in [3.8, 4) is 0 Å². The van der Waals surface area contributed by atoms with Gasteiger partial charge in [0.1, 0.15) is 12.1 Å². The van der Waals surface area contributed by atoms with Gasteiger partial charge >= 0.3 is 6.03 Å². The molecule has 1 heterocycles. The summed E-state index contributed by atoms with van der Waals surface area (Å²) >= 11 is 0. The fourth-order valence-electron chi connectivity index (χ4n) is 3.53. The fourth-order valence-corrected chi connectivity index (χ4v) is 3.53. The Morgan fingerprint density at radius 1 is 1.25 bits per heavy atom. The minimum Gasteiger partial charge on any atom is -0.352 e. The van der Waals surface area contributed by atoms with Crippen molar-refractivity contribution in [3.63, 3.8) is 0 Å². The highest BCUT2D eigenvalue weighted by molar-refractivity contribution is 6.09. The van der Waals surface area contributed by atoms with Gasteiger partial charge in [-0.3, -0.25) is 14.5 Å². The zero-order valence-corrected chi connectivity index (χ0v) is 15.4. The van der Waals surface area contributed by atoms with Crippen molar-refractivity contribution in [2.75, 3.05) is 6.54 Å². The molecule has 6 heteroatoms. The third-order valence-corrected chi connectivity index (χ3v) is 5.26. The second-order valence-electron chi connectivity index (χ2n) is 8.03. The molecule has 1 aliphatic heterocycles. The number of carbonyl (C=O) groups excluding carboxylic acids is 3. The molecule has 24 heavy (non-hydrogen) atoms. The summed E-state index contributed by atoms with van der Waals surface area (Å²) in [6.45, 7) is 8.22. The van der Waals surface area contributed by atoms with E-state index in [1.54, 1.807) is 0 Å². The Balaban J connectivity index is 1.89. The third-order valence-electron chi connectivity index (χ3n) is 5.26. The van der Waals surface area contributed by atoms with E-state index in [2.05, 4.69) is 31.4 Å². The number of nitrogens with zero attached hydrogens (tertiary/aromatic N) is 1. The third kappa shape index (κ3) is 4.28. The van der Waals surface area contributed by atoms with Crippen molar-refractivity contribution in [1.82, 2.24) is 15.5 Å². The molecule has 1 atom stereocenters. The summed E-state index contributed by atoms with van der Waals surface area (Å²) in [5.74, 6) is 0.670. The van der Waals surface area contributed by atoms with Gasteiger partial charge in [0.25, 0.3) is 5.91 Å². The van der Waals surface area contributed by atoms with Gasteiger partial charge in [0, 0.05) is 6.04 Å². The van der Waals surface area contributed by atoms with Crippen LogP contribution in [0, 0.1) is 11.8 Å². The summed E-state index contributed by atoms with van der Waals surface area (Å²) in [7, 11) is 0. The SMILES string of the molecule is CC(C)CC[C@@H](C)NC(=O)CN1C(=O)NC2(CCC(C)CC2)C1=O. The summed E-state index contributed by atoms with van der Waals surface area (Å²) in [5.41, 5.74) is -0.771. The lowest BCUT2D eigenvalue weighted by atomic mass is 9.77. The number of urea groups is 1. The minimum atomic E-state index is -0.771. The van der Waals surface area contributed by atoms with Crippen molar-refractivity contribution < 1.29 is 14.4 Å². The van der Waals surface area contributed by atoms with Crippen LogP contribution in [-0.2, 0) is 9.59 Å². The molecule has 0 unspecified atom stereocenters. The van der Waals surface area contributed by atoms with E-state index in [0.29, 0.717) is 24.7 Å². The van der Waals surface area contributed by atoms with Gasteiger partial charge in [-0.2, -0.15) is 0 Å². The maximum absolute atomic E-state index is 12.7. The number of rotatable bonds is 6. The van der Waals surface area contributed by atoms with Gasteiger partial charge in [-0.05, 0) is 57.3 Å². The van der Waals surface area contributed by atoms with Gasteiger partial charge in [-0.25, -0.2) is 4.79 Å². The largest absolute Gasteiger partial charge is 0.352 e. The normalized spacial score (nSPS) is 28.4. The van der Waals surface area contributed by atoms with Crippen molar-refractivity contribution in [1.29, 1.82) is 0 Å². The van der Waals surface area contributed by atoms with E-state index in [1.165, 1.54) is 0 Å². The second kappa shape index (κ2) is 7.53. The molecule has 0 bridgehead atoms. The predicted octanol–water partition coefficient (Wildman–Crippen LogP) is 2.43. The molecule has 2 aliphatic rings. The average Bonchev–Trinajstić information content (AvgIpc) is 2.73. The van der Waals surface area contributed by atoms with Crippen LogP contribution in [0.25, 0.3) is 0 Å². The Labute approximate surface area is 144 Å². The van der Waals surface area contributed by atoms with E-state index in [0.717, 1.165) is 30.6 Å². The van der Waals surface area contributed by atoms with Crippen LogP contribution in [-0.4, -0.2) is 40.9 Å². The zero-order valence-electron chi connectivity index (χ0n) is 15.4. The second-order valence-corrected chi connectivity index (χ2v) is 8.03. The summed E-state index contributed by atoms with van der Waals surface area (Å²) < 4.78 is 0. The monoisotopic (exact) mass is 337 g/mol. The van der Waals surface area contributed by atoms with Crippen LogP contribution in [0.15, 0.2) is 0 Å². The molecule has 1 saturated carbocycles. The van der Waals surface area contributed by atoms with E-state index in [9.17, 15) is 14.4 Å². The molecule has 0 radical (unpaired) electrons. The van der Waals surface area contributed by atoms with E-state index >= 15 is 0 Å². The highest BCUT2D eigenvalue weighted by Crippen LogP contribution is 2.36. The van der Waals surface area contributed by atoms with Crippen molar-refractivity contribution >= 4 is 17.8 Å². The Morgan fingerprint density at radius 2 is 1.88 bits per heavy atom. The molecule has 4 amide bonds. The number of hydrogen-bond donors (Lipinski definition) is 2. The lowest BCUT2D eigenvalue weighted by Crippen LogP contribution is -2.50. The lowest BCUT2D eigenvalue weighted by molar-refractivity contribution is -0.136. The Hall–Kier alpha value is -1.59. The molecule has 2 fully saturated rings. The fraction of sp³-hybridized carbons (Fsp3) is 0.833. The topological polar surface area (TPSA) is 78.5 Å².